The Labute approximate surface area is 150 Å². The van der Waals surface area contributed by atoms with Crippen LogP contribution in [0.25, 0.3) is 11.4 Å². The molecule has 0 fully saturated rings. The average molecular weight is 361 g/mol. The molecule has 6 heteroatoms. The third-order valence-corrected chi connectivity index (χ3v) is 3.86. The Kier molecular flexibility index (Phi) is 5.18. The smallest absolute Gasteiger partial charge is 0.193 e. The van der Waals surface area contributed by atoms with Gasteiger partial charge in [-0.1, -0.05) is 53.5 Å². The maximum absolute atomic E-state index is 6.05. The van der Waals surface area contributed by atoms with Crippen molar-refractivity contribution in [2.24, 2.45) is 0 Å². The number of benzene rings is 2. The van der Waals surface area contributed by atoms with Gasteiger partial charge in [-0.2, -0.15) is 0 Å². The third kappa shape index (κ3) is 3.78. The Morgan fingerprint density at radius 3 is 2.08 bits per heavy atom. The van der Waals surface area contributed by atoms with Gasteiger partial charge in [0.05, 0.1) is 7.11 Å². The van der Waals surface area contributed by atoms with Crippen molar-refractivity contribution in [3.63, 3.8) is 0 Å². The molecular formula is C18H14Cl2N2O2. The molecule has 0 aliphatic heterocycles. The first-order valence-corrected chi connectivity index (χ1v) is 7.97. The topological polar surface area (TPSA) is 44.2 Å². The lowest BCUT2D eigenvalue weighted by Crippen LogP contribution is -1.97. The molecule has 24 heavy (non-hydrogen) atoms. The van der Waals surface area contributed by atoms with E-state index in [0.29, 0.717) is 12.4 Å². The van der Waals surface area contributed by atoms with Crippen molar-refractivity contribution < 1.29 is 9.47 Å². The monoisotopic (exact) mass is 360 g/mol. The molecule has 1 aromatic heterocycles. The van der Waals surface area contributed by atoms with Crippen LogP contribution in [0.2, 0.25) is 10.3 Å². The second-order valence-electron chi connectivity index (χ2n) is 4.96. The molecule has 0 radical (unpaired) electrons. The summed E-state index contributed by atoms with van der Waals surface area (Å²) in [6, 6.07) is 17.4. The van der Waals surface area contributed by atoms with E-state index < -0.39 is 0 Å². The number of hydrogen-bond acceptors (Lipinski definition) is 4. The summed E-state index contributed by atoms with van der Waals surface area (Å²) >= 11 is 12.1. The molecule has 2 aromatic carbocycles. The fourth-order valence-corrected chi connectivity index (χ4v) is 2.68. The first-order chi connectivity index (χ1) is 11.7. The first-order valence-electron chi connectivity index (χ1n) is 7.21. The molecule has 3 aromatic rings. The average Bonchev–Trinajstić information content (AvgIpc) is 2.61. The lowest BCUT2D eigenvalue weighted by Gasteiger charge is -2.09. The van der Waals surface area contributed by atoms with Gasteiger partial charge in [-0.3, -0.25) is 0 Å². The summed E-state index contributed by atoms with van der Waals surface area (Å²) in [5.74, 6) is 1.46. The molecule has 0 amide bonds. The molecule has 0 atom stereocenters. The minimum absolute atomic E-state index is 0.178. The molecule has 0 aliphatic rings. The highest BCUT2D eigenvalue weighted by Crippen LogP contribution is 2.32. The highest BCUT2D eigenvalue weighted by molar-refractivity contribution is 6.35. The van der Waals surface area contributed by atoms with Crippen molar-refractivity contribution in [1.29, 1.82) is 0 Å². The summed E-state index contributed by atoms with van der Waals surface area (Å²) in [5.41, 5.74) is 1.90. The number of aromatic nitrogens is 2. The number of ether oxygens (including phenoxy) is 2. The molecule has 3 rings (SSSR count). The predicted octanol–water partition coefficient (Wildman–Crippen LogP) is 5.04. The minimum atomic E-state index is 0.178. The third-order valence-electron chi connectivity index (χ3n) is 3.35. The quantitative estimate of drug-likeness (QED) is 0.598. The molecule has 122 valence electrons. The largest absolute Gasteiger partial charge is 0.491 e. The maximum Gasteiger partial charge on any atom is 0.193 e. The van der Waals surface area contributed by atoms with Crippen molar-refractivity contribution in [2.45, 2.75) is 6.61 Å². The van der Waals surface area contributed by atoms with Gasteiger partial charge in [0.2, 0.25) is 0 Å². The highest BCUT2D eigenvalue weighted by Gasteiger charge is 2.13. The van der Waals surface area contributed by atoms with Crippen LogP contribution in [0.4, 0.5) is 0 Å². The number of nitrogens with zero attached hydrogens (tertiary/aromatic N) is 2. The minimum Gasteiger partial charge on any atom is -0.491 e. The highest BCUT2D eigenvalue weighted by atomic mass is 35.5. The lowest BCUT2D eigenvalue weighted by molar-refractivity contribution is 0.306. The van der Waals surface area contributed by atoms with E-state index in [-0.39, 0.29) is 16.1 Å². The van der Waals surface area contributed by atoms with Crippen LogP contribution in [0, 0.1) is 0 Å². The summed E-state index contributed by atoms with van der Waals surface area (Å²) in [6.07, 6.45) is 0. The summed E-state index contributed by atoms with van der Waals surface area (Å²) in [7, 11) is 1.47. The Balaban J connectivity index is 1.75. The van der Waals surface area contributed by atoms with Crippen LogP contribution in [0.1, 0.15) is 5.56 Å². The number of methoxy groups -OCH3 is 1. The summed E-state index contributed by atoms with van der Waals surface area (Å²) in [6.45, 7) is 0.511. The number of halogens is 2. The van der Waals surface area contributed by atoms with Crippen LogP contribution in [0.15, 0.2) is 54.6 Å². The predicted molar refractivity (Wildman–Crippen MR) is 94.8 cm³/mol. The van der Waals surface area contributed by atoms with E-state index >= 15 is 0 Å². The molecule has 1 heterocycles. The molecule has 0 saturated heterocycles. The van der Waals surface area contributed by atoms with E-state index in [4.69, 9.17) is 32.7 Å². The zero-order valence-corrected chi connectivity index (χ0v) is 14.4. The van der Waals surface area contributed by atoms with Gasteiger partial charge in [0.25, 0.3) is 0 Å². The van der Waals surface area contributed by atoms with Crippen molar-refractivity contribution in [3.05, 3.63) is 70.5 Å². The van der Waals surface area contributed by atoms with E-state index in [1.807, 2.05) is 54.6 Å². The Morgan fingerprint density at radius 1 is 0.875 bits per heavy atom. The van der Waals surface area contributed by atoms with E-state index in [0.717, 1.165) is 16.9 Å². The van der Waals surface area contributed by atoms with Gasteiger partial charge in [0.15, 0.2) is 21.9 Å². The fraction of sp³-hybridized carbons (Fsp3) is 0.111. The van der Waals surface area contributed by atoms with Gasteiger partial charge in [-0.25, -0.2) is 9.97 Å². The van der Waals surface area contributed by atoms with Crippen molar-refractivity contribution in [3.8, 4) is 22.9 Å². The summed E-state index contributed by atoms with van der Waals surface area (Å²) in [4.78, 5) is 8.40. The van der Waals surface area contributed by atoms with Gasteiger partial charge in [0, 0.05) is 5.56 Å². The SMILES string of the molecule is COc1c(Cl)nc(-c2ccc(OCc3ccccc3)cc2)nc1Cl. The van der Waals surface area contributed by atoms with Gasteiger partial charge in [-0.05, 0) is 29.8 Å². The van der Waals surface area contributed by atoms with Gasteiger partial charge < -0.3 is 9.47 Å². The summed E-state index contributed by atoms with van der Waals surface area (Å²) < 4.78 is 10.8. The molecule has 0 unspecified atom stereocenters. The second-order valence-corrected chi connectivity index (χ2v) is 5.68. The molecule has 0 spiro atoms. The van der Waals surface area contributed by atoms with E-state index in [1.54, 1.807) is 0 Å². The van der Waals surface area contributed by atoms with Crippen LogP contribution in [-0.4, -0.2) is 17.1 Å². The van der Waals surface area contributed by atoms with Crippen LogP contribution < -0.4 is 9.47 Å². The molecular weight excluding hydrogens is 347 g/mol. The Hall–Kier alpha value is -2.30. The van der Waals surface area contributed by atoms with E-state index in [1.165, 1.54) is 7.11 Å². The van der Waals surface area contributed by atoms with Gasteiger partial charge >= 0.3 is 0 Å². The summed E-state index contributed by atoms with van der Waals surface area (Å²) in [5, 5.41) is 0.355. The first kappa shape index (κ1) is 16.6. The molecule has 0 aliphatic carbocycles. The lowest BCUT2D eigenvalue weighted by atomic mass is 10.2. The van der Waals surface area contributed by atoms with Crippen LogP contribution in [0.5, 0.6) is 11.5 Å². The second kappa shape index (κ2) is 7.51. The van der Waals surface area contributed by atoms with E-state index in [9.17, 15) is 0 Å². The van der Waals surface area contributed by atoms with E-state index in [2.05, 4.69) is 9.97 Å². The fourth-order valence-electron chi connectivity index (χ4n) is 2.14. The van der Waals surface area contributed by atoms with Gasteiger partial charge in [0.1, 0.15) is 12.4 Å². The van der Waals surface area contributed by atoms with Crippen LogP contribution in [-0.2, 0) is 6.61 Å². The van der Waals surface area contributed by atoms with Crippen molar-refractivity contribution >= 4 is 23.2 Å². The number of rotatable bonds is 5. The standard InChI is InChI=1S/C18H14Cl2N2O2/c1-23-15-16(19)21-18(22-17(15)20)13-7-9-14(10-8-13)24-11-12-5-3-2-4-6-12/h2-10H,11H2,1H3. The van der Waals surface area contributed by atoms with Crippen LogP contribution in [0.3, 0.4) is 0 Å². The zero-order valence-electron chi connectivity index (χ0n) is 12.9. The number of hydrogen-bond donors (Lipinski definition) is 0. The molecule has 0 N–H and O–H groups in total. The molecule has 0 bridgehead atoms. The van der Waals surface area contributed by atoms with Gasteiger partial charge in [-0.15, -0.1) is 0 Å². The maximum atomic E-state index is 6.05. The normalized spacial score (nSPS) is 10.5. The zero-order chi connectivity index (χ0) is 16.9. The van der Waals surface area contributed by atoms with Crippen molar-refractivity contribution in [2.75, 3.05) is 7.11 Å². The Bertz CT molecular complexity index is 801. The molecule has 0 saturated carbocycles. The molecule has 4 nitrogen and oxygen atoms in total. The van der Waals surface area contributed by atoms with Crippen LogP contribution >= 0.6 is 23.2 Å². The Morgan fingerprint density at radius 2 is 1.50 bits per heavy atom. The van der Waals surface area contributed by atoms with Crippen molar-refractivity contribution in [1.82, 2.24) is 9.97 Å².